The zero-order valence-electron chi connectivity index (χ0n) is 9.67. The van der Waals surface area contributed by atoms with Crippen LogP contribution in [0.5, 0.6) is 0 Å². The molecule has 0 aromatic heterocycles. The van der Waals surface area contributed by atoms with Crippen molar-refractivity contribution in [3.8, 4) is 0 Å². The van der Waals surface area contributed by atoms with Crippen molar-refractivity contribution < 1.29 is 9.90 Å². The van der Waals surface area contributed by atoms with Gasteiger partial charge >= 0.3 is 5.97 Å². The van der Waals surface area contributed by atoms with E-state index in [9.17, 15) is 4.79 Å². The van der Waals surface area contributed by atoms with Crippen molar-refractivity contribution in [1.29, 1.82) is 0 Å². The minimum atomic E-state index is -0.735. The Bertz CT molecular complexity index is 180. The molecule has 3 nitrogen and oxygen atoms in total. The molecule has 0 aromatic rings. The first kappa shape index (κ1) is 14.2. The topological polar surface area (TPSA) is 49.3 Å². The van der Waals surface area contributed by atoms with Crippen LogP contribution in [-0.2, 0) is 4.79 Å². The van der Waals surface area contributed by atoms with Gasteiger partial charge in [0.05, 0.1) is 6.42 Å². The molecule has 2 N–H and O–H groups in total. The fourth-order valence-corrected chi connectivity index (χ4v) is 1.44. The second-order valence-corrected chi connectivity index (χ2v) is 3.93. The van der Waals surface area contributed by atoms with Gasteiger partial charge in [-0.15, -0.1) is 6.58 Å². The van der Waals surface area contributed by atoms with Crippen LogP contribution in [-0.4, -0.2) is 23.7 Å². The van der Waals surface area contributed by atoms with E-state index in [0.717, 1.165) is 12.8 Å². The second kappa shape index (κ2) is 9.71. The highest BCUT2D eigenvalue weighted by molar-refractivity contribution is 5.66. The zero-order valence-corrected chi connectivity index (χ0v) is 9.67. The number of aliphatic carboxylic acids is 1. The number of hydrogen-bond donors (Lipinski definition) is 2. The van der Waals surface area contributed by atoms with E-state index in [0.29, 0.717) is 12.6 Å². The molecule has 0 saturated carbocycles. The van der Waals surface area contributed by atoms with E-state index >= 15 is 0 Å². The minimum Gasteiger partial charge on any atom is -0.481 e. The van der Waals surface area contributed by atoms with Crippen LogP contribution >= 0.6 is 0 Å². The number of carboxylic acid groups (broad SMARTS) is 1. The van der Waals surface area contributed by atoms with Gasteiger partial charge in [-0.3, -0.25) is 4.79 Å². The van der Waals surface area contributed by atoms with Crippen LogP contribution < -0.4 is 5.32 Å². The number of hydrogen-bond acceptors (Lipinski definition) is 2. The minimum absolute atomic E-state index is 0.209. The number of allylic oxidation sites excluding steroid dienone is 1. The summed E-state index contributed by atoms with van der Waals surface area (Å²) in [4.78, 5) is 10.3. The zero-order chi connectivity index (χ0) is 11.5. The van der Waals surface area contributed by atoms with Crippen molar-refractivity contribution >= 4 is 5.97 Å². The molecule has 0 bridgehead atoms. The first-order valence-electron chi connectivity index (χ1n) is 5.73. The molecule has 88 valence electrons. The number of carbonyl (C=O) groups is 1. The van der Waals surface area contributed by atoms with Gasteiger partial charge in [0.25, 0.3) is 0 Å². The quantitative estimate of drug-likeness (QED) is 0.433. The molecule has 1 unspecified atom stereocenters. The van der Waals surface area contributed by atoms with Gasteiger partial charge in [-0.25, -0.2) is 0 Å². The maximum absolute atomic E-state index is 10.3. The summed E-state index contributed by atoms with van der Waals surface area (Å²) < 4.78 is 0. The summed E-state index contributed by atoms with van der Waals surface area (Å²) in [5.41, 5.74) is 0. The maximum atomic E-state index is 10.3. The fourth-order valence-electron chi connectivity index (χ4n) is 1.44. The van der Waals surface area contributed by atoms with Crippen LogP contribution in [0.1, 0.15) is 45.4 Å². The molecule has 0 amide bonds. The molecular formula is C12H23NO2. The van der Waals surface area contributed by atoms with Gasteiger partial charge in [-0.1, -0.05) is 18.9 Å². The van der Waals surface area contributed by atoms with Crippen molar-refractivity contribution in [1.82, 2.24) is 5.32 Å². The Morgan fingerprint density at radius 1 is 1.47 bits per heavy atom. The lowest BCUT2D eigenvalue weighted by molar-refractivity contribution is -0.136. The molecule has 15 heavy (non-hydrogen) atoms. The van der Waals surface area contributed by atoms with Crippen molar-refractivity contribution in [2.75, 3.05) is 6.54 Å². The molecule has 3 heteroatoms. The maximum Gasteiger partial charge on any atom is 0.304 e. The molecular weight excluding hydrogens is 190 g/mol. The molecule has 0 fully saturated rings. The number of nitrogens with one attached hydrogen (secondary N) is 1. The smallest absolute Gasteiger partial charge is 0.304 e. The SMILES string of the molecule is C=CCCCCCC(C)NCCC(=O)O. The third kappa shape index (κ3) is 11.1. The highest BCUT2D eigenvalue weighted by atomic mass is 16.4. The van der Waals surface area contributed by atoms with E-state index in [2.05, 4.69) is 18.8 Å². The van der Waals surface area contributed by atoms with Crippen molar-refractivity contribution in [3.63, 3.8) is 0 Å². The molecule has 0 radical (unpaired) electrons. The molecule has 0 rings (SSSR count). The molecule has 0 saturated heterocycles. The van der Waals surface area contributed by atoms with Crippen LogP contribution in [0.25, 0.3) is 0 Å². The summed E-state index contributed by atoms with van der Waals surface area (Å²) >= 11 is 0. The molecule has 0 aromatic carbocycles. The number of carboxylic acids is 1. The van der Waals surface area contributed by atoms with Crippen LogP contribution in [0.4, 0.5) is 0 Å². The molecule has 0 spiro atoms. The van der Waals surface area contributed by atoms with Gasteiger partial charge in [0.15, 0.2) is 0 Å². The first-order chi connectivity index (χ1) is 7.16. The molecule has 0 aliphatic heterocycles. The lowest BCUT2D eigenvalue weighted by atomic mass is 10.1. The number of unbranched alkanes of at least 4 members (excludes halogenated alkanes) is 3. The van der Waals surface area contributed by atoms with Crippen molar-refractivity contribution in [3.05, 3.63) is 12.7 Å². The lowest BCUT2D eigenvalue weighted by Crippen LogP contribution is -2.28. The van der Waals surface area contributed by atoms with E-state index in [-0.39, 0.29) is 6.42 Å². The predicted molar refractivity (Wildman–Crippen MR) is 63.0 cm³/mol. The highest BCUT2D eigenvalue weighted by Gasteiger charge is 2.02. The van der Waals surface area contributed by atoms with Crippen LogP contribution in [0.15, 0.2) is 12.7 Å². The Labute approximate surface area is 92.6 Å². The van der Waals surface area contributed by atoms with Crippen molar-refractivity contribution in [2.45, 2.75) is 51.5 Å². The average molecular weight is 213 g/mol. The van der Waals surface area contributed by atoms with E-state index in [1.165, 1.54) is 19.3 Å². The van der Waals surface area contributed by atoms with Gasteiger partial charge in [0.1, 0.15) is 0 Å². The molecule has 0 aliphatic carbocycles. The van der Waals surface area contributed by atoms with Gasteiger partial charge in [0.2, 0.25) is 0 Å². The Morgan fingerprint density at radius 2 is 2.20 bits per heavy atom. The predicted octanol–water partition coefficient (Wildman–Crippen LogP) is 2.58. The van der Waals surface area contributed by atoms with E-state index in [4.69, 9.17) is 5.11 Å². The Kier molecular flexibility index (Phi) is 9.18. The third-order valence-electron chi connectivity index (χ3n) is 2.38. The van der Waals surface area contributed by atoms with Gasteiger partial charge in [-0.05, 0) is 26.2 Å². The fraction of sp³-hybridized carbons (Fsp3) is 0.750. The Balaban J connectivity index is 3.21. The van der Waals surface area contributed by atoms with Gasteiger partial charge in [-0.2, -0.15) is 0 Å². The summed E-state index contributed by atoms with van der Waals surface area (Å²) in [5.74, 6) is -0.735. The average Bonchev–Trinajstić information content (AvgIpc) is 2.17. The van der Waals surface area contributed by atoms with Crippen molar-refractivity contribution in [2.24, 2.45) is 0 Å². The second-order valence-electron chi connectivity index (χ2n) is 3.93. The van der Waals surface area contributed by atoms with Crippen LogP contribution in [0, 0.1) is 0 Å². The van der Waals surface area contributed by atoms with Crippen LogP contribution in [0.2, 0.25) is 0 Å². The molecule has 1 atom stereocenters. The van der Waals surface area contributed by atoms with E-state index in [1.54, 1.807) is 0 Å². The Morgan fingerprint density at radius 3 is 2.80 bits per heavy atom. The van der Waals surface area contributed by atoms with Gasteiger partial charge < -0.3 is 10.4 Å². The van der Waals surface area contributed by atoms with E-state index < -0.39 is 5.97 Å². The number of rotatable bonds is 10. The summed E-state index contributed by atoms with van der Waals surface area (Å²) in [7, 11) is 0. The summed E-state index contributed by atoms with van der Waals surface area (Å²) in [6.45, 7) is 6.36. The standard InChI is InChI=1S/C12H23NO2/c1-3-4-5-6-7-8-11(2)13-10-9-12(14)15/h3,11,13H,1,4-10H2,2H3,(H,14,15). The Hall–Kier alpha value is -0.830. The highest BCUT2D eigenvalue weighted by Crippen LogP contribution is 2.05. The van der Waals surface area contributed by atoms with Gasteiger partial charge in [0, 0.05) is 12.6 Å². The molecule has 0 heterocycles. The largest absolute Gasteiger partial charge is 0.481 e. The first-order valence-corrected chi connectivity index (χ1v) is 5.73. The normalized spacial score (nSPS) is 12.3. The summed E-state index contributed by atoms with van der Waals surface area (Å²) in [5, 5.41) is 11.7. The van der Waals surface area contributed by atoms with E-state index in [1.807, 2.05) is 6.08 Å². The molecule has 0 aliphatic rings. The monoisotopic (exact) mass is 213 g/mol. The van der Waals surface area contributed by atoms with Crippen LogP contribution in [0.3, 0.4) is 0 Å². The summed E-state index contributed by atoms with van der Waals surface area (Å²) in [6.07, 6.45) is 8.03. The lowest BCUT2D eigenvalue weighted by Gasteiger charge is -2.12. The third-order valence-corrected chi connectivity index (χ3v) is 2.38. The summed E-state index contributed by atoms with van der Waals surface area (Å²) in [6, 6.07) is 0.424.